The number of carbonyl (C=O) groups excluding carboxylic acids is 2. The van der Waals surface area contributed by atoms with Crippen molar-refractivity contribution in [2.24, 2.45) is 0 Å². The van der Waals surface area contributed by atoms with Crippen LogP contribution in [0.25, 0.3) is 0 Å². The Kier molecular flexibility index (Phi) is 5.39. The van der Waals surface area contributed by atoms with E-state index in [-0.39, 0.29) is 12.4 Å². The highest BCUT2D eigenvalue weighted by Gasteiger charge is 2.07. The molecule has 0 unspecified atom stereocenters. The van der Waals surface area contributed by atoms with Gasteiger partial charge in [0.2, 0.25) is 0 Å². The van der Waals surface area contributed by atoms with Crippen LogP contribution < -0.4 is 4.74 Å². The molecule has 1 aromatic rings. The lowest BCUT2D eigenvalue weighted by Crippen LogP contribution is -2.01. The van der Waals surface area contributed by atoms with Crippen molar-refractivity contribution in [1.29, 1.82) is 0 Å². The van der Waals surface area contributed by atoms with Gasteiger partial charge < -0.3 is 9.47 Å². The van der Waals surface area contributed by atoms with E-state index >= 15 is 0 Å². The van der Waals surface area contributed by atoms with Crippen LogP contribution in [-0.4, -0.2) is 25.5 Å². The Bertz CT molecular complexity index is 480. The maximum atomic E-state index is 11.7. The molecule has 0 amide bonds. The molecular formula is C13H13ClO4. The van der Waals surface area contributed by atoms with E-state index in [0.717, 1.165) is 12.2 Å². The highest BCUT2D eigenvalue weighted by Crippen LogP contribution is 2.25. The fraction of sp³-hybridized carbons (Fsp3) is 0.231. The third-order valence-corrected chi connectivity index (χ3v) is 2.39. The van der Waals surface area contributed by atoms with Gasteiger partial charge in [0.1, 0.15) is 5.75 Å². The molecule has 5 heteroatoms. The zero-order valence-corrected chi connectivity index (χ0v) is 10.9. The van der Waals surface area contributed by atoms with Gasteiger partial charge in [-0.1, -0.05) is 11.6 Å². The van der Waals surface area contributed by atoms with Crippen molar-refractivity contribution in [3.05, 3.63) is 40.9 Å². The van der Waals surface area contributed by atoms with E-state index in [1.165, 1.54) is 13.2 Å². The molecule has 0 aliphatic rings. The third-order valence-electron chi connectivity index (χ3n) is 2.09. The number of methoxy groups -OCH3 is 1. The summed E-state index contributed by atoms with van der Waals surface area (Å²) in [6, 6.07) is 4.65. The van der Waals surface area contributed by atoms with Crippen LogP contribution in [0.2, 0.25) is 5.02 Å². The Morgan fingerprint density at radius 3 is 2.61 bits per heavy atom. The Labute approximate surface area is 110 Å². The van der Waals surface area contributed by atoms with Crippen molar-refractivity contribution < 1.29 is 19.1 Å². The van der Waals surface area contributed by atoms with E-state index < -0.39 is 5.97 Å². The van der Waals surface area contributed by atoms with E-state index in [9.17, 15) is 9.59 Å². The number of halogens is 1. The summed E-state index contributed by atoms with van der Waals surface area (Å²) in [6.45, 7) is 1.96. The van der Waals surface area contributed by atoms with Gasteiger partial charge in [0, 0.05) is 11.6 Å². The van der Waals surface area contributed by atoms with Crippen LogP contribution in [0.4, 0.5) is 0 Å². The molecule has 0 bridgehead atoms. The summed E-state index contributed by atoms with van der Waals surface area (Å²) < 4.78 is 9.64. The lowest BCUT2D eigenvalue weighted by Gasteiger charge is -2.03. The normalized spacial score (nSPS) is 10.4. The van der Waals surface area contributed by atoms with Crippen molar-refractivity contribution in [3.63, 3.8) is 0 Å². The van der Waals surface area contributed by atoms with Gasteiger partial charge in [0.25, 0.3) is 0 Å². The molecule has 96 valence electrons. The average Bonchev–Trinajstić information content (AvgIpc) is 2.36. The van der Waals surface area contributed by atoms with Gasteiger partial charge in [-0.3, -0.25) is 4.79 Å². The number of rotatable bonds is 5. The second-order valence-corrected chi connectivity index (χ2v) is 3.71. The summed E-state index contributed by atoms with van der Waals surface area (Å²) >= 11 is 5.89. The Morgan fingerprint density at radius 2 is 2.06 bits per heavy atom. The minimum Gasteiger partial charge on any atom is -0.495 e. The van der Waals surface area contributed by atoms with Crippen LogP contribution in [0.3, 0.4) is 0 Å². The van der Waals surface area contributed by atoms with E-state index in [2.05, 4.69) is 4.74 Å². The number of benzene rings is 1. The lowest BCUT2D eigenvalue weighted by atomic mass is 10.1. The summed E-state index contributed by atoms with van der Waals surface area (Å²) in [6.07, 6.45) is 2.24. The fourth-order valence-corrected chi connectivity index (χ4v) is 1.51. The molecule has 0 aliphatic heterocycles. The monoisotopic (exact) mass is 268 g/mol. The van der Waals surface area contributed by atoms with Crippen molar-refractivity contribution >= 4 is 23.4 Å². The molecule has 4 nitrogen and oxygen atoms in total. The SMILES string of the molecule is CCOC(=O)C=CC(=O)c1ccc(OC)c(Cl)c1. The predicted molar refractivity (Wildman–Crippen MR) is 68.1 cm³/mol. The zero-order chi connectivity index (χ0) is 13.5. The van der Waals surface area contributed by atoms with Crippen molar-refractivity contribution in [2.45, 2.75) is 6.92 Å². The second kappa shape index (κ2) is 6.81. The molecule has 1 rings (SSSR count). The number of esters is 1. The molecule has 0 heterocycles. The van der Waals surface area contributed by atoms with Gasteiger partial charge in [-0.25, -0.2) is 4.79 Å². The number of allylic oxidation sites excluding steroid dienone is 1. The van der Waals surface area contributed by atoms with Gasteiger partial charge in [0.15, 0.2) is 5.78 Å². The Hall–Kier alpha value is -1.81. The predicted octanol–water partition coefficient (Wildman–Crippen LogP) is 2.65. The highest BCUT2D eigenvalue weighted by atomic mass is 35.5. The van der Waals surface area contributed by atoms with Gasteiger partial charge >= 0.3 is 5.97 Å². The summed E-state index contributed by atoms with van der Waals surface area (Å²) in [5.41, 5.74) is 0.376. The number of ether oxygens (including phenoxy) is 2. The van der Waals surface area contributed by atoms with Gasteiger partial charge in [-0.2, -0.15) is 0 Å². The summed E-state index contributed by atoms with van der Waals surface area (Å²) in [5.74, 6) is -0.388. The van der Waals surface area contributed by atoms with Crippen LogP contribution in [0.1, 0.15) is 17.3 Å². The summed E-state index contributed by atoms with van der Waals surface area (Å²) in [5, 5.41) is 0.341. The fourth-order valence-electron chi connectivity index (χ4n) is 1.25. The van der Waals surface area contributed by atoms with Gasteiger partial charge in [-0.05, 0) is 31.2 Å². The molecule has 0 N–H and O–H groups in total. The molecule has 1 aromatic carbocycles. The van der Waals surface area contributed by atoms with Crippen LogP contribution in [0.5, 0.6) is 5.75 Å². The molecule has 18 heavy (non-hydrogen) atoms. The summed E-state index contributed by atoms with van der Waals surface area (Å²) in [7, 11) is 1.49. The van der Waals surface area contributed by atoms with Crippen molar-refractivity contribution in [2.75, 3.05) is 13.7 Å². The molecule has 0 atom stereocenters. The first-order valence-electron chi connectivity index (χ1n) is 5.31. The molecule has 0 fully saturated rings. The van der Waals surface area contributed by atoms with Crippen molar-refractivity contribution in [3.8, 4) is 5.75 Å². The van der Waals surface area contributed by atoms with E-state index in [0.29, 0.717) is 16.3 Å². The van der Waals surface area contributed by atoms with Crippen LogP contribution in [-0.2, 0) is 9.53 Å². The van der Waals surface area contributed by atoms with E-state index in [1.807, 2.05) is 0 Å². The maximum absolute atomic E-state index is 11.7. The first-order chi connectivity index (χ1) is 8.58. The zero-order valence-electron chi connectivity index (χ0n) is 10.1. The van der Waals surface area contributed by atoms with E-state index in [4.69, 9.17) is 16.3 Å². The standard InChI is InChI=1S/C13H13ClO4/c1-3-18-13(16)7-5-11(15)9-4-6-12(17-2)10(14)8-9/h4-8H,3H2,1-2H3. The molecular weight excluding hydrogens is 256 g/mol. The number of hydrogen-bond acceptors (Lipinski definition) is 4. The summed E-state index contributed by atoms with van der Waals surface area (Å²) in [4.78, 5) is 22.8. The minimum absolute atomic E-state index is 0.270. The molecule has 0 aliphatic carbocycles. The maximum Gasteiger partial charge on any atom is 0.330 e. The molecule has 0 aromatic heterocycles. The number of ketones is 1. The smallest absolute Gasteiger partial charge is 0.330 e. The molecule has 0 saturated carbocycles. The minimum atomic E-state index is -0.551. The lowest BCUT2D eigenvalue weighted by molar-refractivity contribution is -0.137. The highest BCUT2D eigenvalue weighted by molar-refractivity contribution is 6.32. The first kappa shape index (κ1) is 14.3. The third kappa shape index (κ3) is 3.89. The molecule has 0 spiro atoms. The van der Waals surface area contributed by atoms with Gasteiger partial charge in [-0.15, -0.1) is 0 Å². The Morgan fingerprint density at radius 1 is 1.33 bits per heavy atom. The molecule has 0 radical (unpaired) electrons. The van der Waals surface area contributed by atoms with Gasteiger partial charge in [0.05, 0.1) is 18.7 Å². The molecule has 0 saturated heterocycles. The second-order valence-electron chi connectivity index (χ2n) is 3.30. The van der Waals surface area contributed by atoms with E-state index in [1.54, 1.807) is 19.1 Å². The van der Waals surface area contributed by atoms with Crippen molar-refractivity contribution in [1.82, 2.24) is 0 Å². The van der Waals surface area contributed by atoms with Crippen LogP contribution in [0.15, 0.2) is 30.4 Å². The first-order valence-corrected chi connectivity index (χ1v) is 5.69. The topological polar surface area (TPSA) is 52.6 Å². The largest absolute Gasteiger partial charge is 0.495 e. The average molecular weight is 269 g/mol. The van der Waals surface area contributed by atoms with Crippen LogP contribution in [0, 0.1) is 0 Å². The number of hydrogen-bond donors (Lipinski definition) is 0. The quantitative estimate of drug-likeness (QED) is 0.468. The van der Waals surface area contributed by atoms with Crippen LogP contribution >= 0.6 is 11.6 Å². The Balaban J connectivity index is 2.79. The number of carbonyl (C=O) groups is 2.